The van der Waals surface area contributed by atoms with Gasteiger partial charge in [-0.25, -0.2) is 0 Å². The van der Waals surface area contributed by atoms with E-state index in [1.54, 1.807) is 48.5 Å². The van der Waals surface area contributed by atoms with Crippen LogP contribution in [0.1, 0.15) is 47.9 Å². The predicted octanol–water partition coefficient (Wildman–Crippen LogP) is 2.13. The van der Waals surface area contributed by atoms with Crippen LogP contribution in [0.3, 0.4) is 0 Å². The van der Waals surface area contributed by atoms with Crippen LogP contribution in [-0.2, 0) is 28.5 Å². The summed E-state index contributed by atoms with van der Waals surface area (Å²) in [4.78, 5) is 78.1. The predicted molar refractivity (Wildman–Crippen MR) is 155 cm³/mol. The number of benzene rings is 2. The smallest absolute Gasteiger partial charge is 0.286 e. The highest BCUT2D eigenvalue weighted by molar-refractivity contribution is 6.29. The Morgan fingerprint density at radius 3 is 1.33 bits per heavy atom. The number of fused-ring (bicyclic) bond motifs is 2. The summed E-state index contributed by atoms with van der Waals surface area (Å²) in [5.74, 6) is -3.35. The molecule has 4 aliphatic rings. The normalized spacial score (nSPS) is 20.1. The Labute approximate surface area is 256 Å². The lowest BCUT2D eigenvalue weighted by Crippen LogP contribution is -2.38. The number of hydrogen-bond donors (Lipinski definition) is 2. The van der Waals surface area contributed by atoms with Crippen LogP contribution in [0.4, 0.5) is 0 Å². The summed E-state index contributed by atoms with van der Waals surface area (Å²) in [6.45, 7) is 0.220. The highest BCUT2D eigenvalue weighted by atomic mass is 16.7. The zero-order valence-corrected chi connectivity index (χ0v) is 24.1. The van der Waals surface area contributed by atoms with Crippen molar-refractivity contribution >= 4 is 34.9 Å². The van der Waals surface area contributed by atoms with Crippen LogP contribution in [0.25, 0.3) is 0 Å². The highest BCUT2D eigenvalue weighted by Crippen LogP contribution is 2.36. The Morgan fingerprint density at radius 1 is 0.622 bits per heavy atom. The molecule has 0 aromatic heterocycles. The van der Waals surface area contributed by atoms with Gasteiger partial charge in [0.1, 0.15) is 0 Å². The molecule has 2 atom stereocenters. The largest absolute Gasteiger partial charge is 0.455 e. The van der Waals surface area contributed by atoms with E-state index in [1.165, 1.54) is 26.4 Å². The maximum atomic E-state index is 13.1. The number of methoxy groups -OCH3 is 2. The SMILES string of the molecule is COC1OC(C(=O)NCCCNC(=O)C2=CC3=C(C(=O)c4ccccc4C3=O)C(OC)O2)=CC2=C1C(=O)c1ccccc1C2=O. The molecule has 2 N–H and O–H groups in total. The van der Waals surface area contributed by atoms with Gasteiger partial charge in [0.15, 0.2) is 34.7 Å². The van der Waals surface area contributed by atoms with Gasteiger partial charge in [-0.15, -0.1) is 0 Å². The summed E-state index contributed by atoms with van der Waals surface area (Å²) >= 11 is 0. The first kappa shape index (κ1) is 29.6. The third-order valence-electron chi connectivity index (χ3n) is 7.68. The monoisotopic (exact) mass is 610 g/mol. The highest BCUT2D eigenvalue weighted by Gasteiger charge is 2.42. The van der Waals surface area contributed by atoms with E-state index >= 15 is 0 Å². The molecule has 2 unspecified atom stereocenters. The van der Waals surface area contributed by atoms with E-state index < -0.39 is 47.5 Å². The minimum Gasteiger partial charge on any atom is -0.455 e. The molecular weight excluding hydrogens is 584 g/mol. The van der Waals surface area contributed by atoms with Gasteiger partial charge in [0, 0.05) is 60.7 Å². The number of rotatable bonds is 8. The fraction of sp³-hybridized carbons (Fsp3) is 0.212. The van der Waals surface area contributed by atoms with Crippen LogP contribution in [0, 0.1) is 0 Å². The van der Waals surface area contributed by atoms with Crippen molar-refractivity contribution in [2.45, 2.75) is 19.0 Å². The van der Waals surface area contributed by atoms with Gasteiger partial charge in [-0.3, -0.25) is 28.8 Å². The number of hydrogen-bond acceptors (Lipinski definition) is 10. The van der Waals surface area contributed by atoms with Crippen LogP contribution in [-0.4, -0.2) is 74.8 Å². The minimum absolute atomic E-state index is 0.0294. The molecule has 2 aromatic rings. The standard InChI is InChI=1S/C33H26N2O10/c1-42-32-24-20(26(36)16-8-3-5-10-18(16)28(24)38)14-22(44-32)30(40)34-12-7-13-35-31(41)23-15-21-25(33(43-2)45-23)29(39)19-11-6-4-9-17(19)27(21)37/h3-6,8-11,14-15,32-33H,7,12-13H2,1-2H3,(H,34,40)(H,35,41). The van der Waals surface area contributed by atoms with Crippen LogP contribution in [0.5, 0.6) is 0 Å². The zero-order valence-electron chi connectivity index (χ0n) is 24.1. The Hall–Kier alpha value is -5.46. The molecule has 0 spiro atoms. The van der Waals surface area contributed by atoms with Crippen molar-refractivity contribution in [1.82, 2.24) is 10.6 Å². The van der Waals surface area contributed by atoms with E-state index in [0.29, 0.717) is 0 Å². The van der Waals surface area contributed by atoms with Crippen LogP contribution in [0.15, 0.2) is 94.5 Å². The van der Waals surface area contributed by atoms with Crippen molar-refractivity contribution in [3.8, 4) is 0 Å². The summed E-state index contributed by atoms with van der Waals surface area (Å²) in [5.41, 5.74) is 1.07. The average molecular weight is 611 g/mol. The molecule has 228 valence electrons. The molecule has 6 rings (SSSR count). The van der Waals surface area contributed by atoms with Gasteiger partial charge in [0.2, 0.25) is 12.6 Å². The molecule has 2 amide bonds. The summed E-state index contributed by atoms with van der Waals surface area (Å²) in [6.07, 6.45) is 0.262. The Balaban J connectivity index is 1.07. The van der Waals surface area contributed by atoms with Crippen LogP contribution in [0.2, 0.25) is 0 Å². The van der Waals surface area contributed by atoms with Crippen LogP contribution < -0.4 is 10.6 Å². The molecule has 0 bridgehead atoms. The first-order valence-corrected chi connectivity index (χ1v) is 14.0. The quantitative estimate of drug-likeness (QED) is 0.424. The molecule has 0 fully saturated rings. The fourth-order valence-corrected chi connectivity index (χ4v) is 5.50. The lowest BCUT2D eigenvalue weighted by molar-refractivity contribution is -0.128. The van der Waals surface area contributed by atoms with Gasteiger partial charge in [0.05, 0.1) is 11.1 Å². The summed E-state index contributed by atoms with van der Waals surface area (Å²) in [6, 6.07) is 12.8. The first-order chi connectivity index (χ1) is 21.7. The Kier molecular flexibility index (Phi) is 7.83. The average Bonchev–Trinajstić information content (AvgIpc) is 3.07. The summed E-state index contributed by atoms with van der Waals surface area (Å²) in [5, 5.41) is 5.30. The number of carbonyl (C=O) groups is 6. The number of carbonyl (C=O) groups excluding carboxylic acids is 6. The van der Waals surface area contributed by atoms with Crippen molar-refractivity contribution in [2.75, 3.05) is 27.3 Å². The molecule has 12 nitrogen and oxygen atoms in total. The van der Waals surface area contributed by atoms with Crippen molar-refractivity contribution in [3.63, 3.8) is 0 Å². The van der Waals surface area contributed by atoms with Crippen molar-refractivity contribution in [1.29, 1.82) is 0 Å². The molecular formula is C33H26N2O10. The second-order valence-electron chi connectivity index (χ2n) is 10.3. The molecule has 0 saturated carbocycles. The molecule has 2 heterocycles. The maximum Gasteiger partial charge on any atom is 0.286 e. The lowest BCUT2D eigenvalue weighted by atomic mass is 9.82. The number of nitrogens with one attached hydrogen (secondary N) is 2. The van der Waals surface area contributed by atoms with E-state index in [9.17, 15) is 28.8 Å². The molecule has 0 saturated heterocycles. The van der Waals surface area contributed by atoms with E-state index in [-0.39, 0.29) is 75.6 Å². The molecule has 12 heteroatoms. The van der Waals surface area contributed by atoms with Crippen molar-refractivity contribution in [3.05, 3.63) is 117 Å². The lowest BCUT2D eigenvalue weighted by Gasteiger charge is -2.29. The van der Waals surface area contributed by atoms with Gasteiger partial charge in [-0.2, -0.15) is 0 Å². The van der Waals surface area contributed by atoms with Gasteiger partial charge in [-0.1, -0.05) is 48.5 Å². The second-order valence-corrected chi connectivity index (χ2v) is 10.3. The molecule has 2 aromatic carbocycles. The molecule has 2 aliphatic heterocycles. The molecule has 2 aliphatic carbocycles. The van der Waals surface area contributed by atoms with E-state index in [1.807, 2.05) is 0 Å². The number of amides is 2. The van der Waals surface area contributed by atoms with E-state index in [2.05, 4.69) is 10.6 Å². The minimum atomic E-state index is -1.25. The van der Waals surface area contributed by atoms with Crippen molar-refractivity contribution in [2.24, 2.45) is 0 Å². The summed E-state index contributed by atoms with van der Waals surface area (Å²) in [7, 11) is 2.60. The molecule has 0 radical (unpaired) electrons. The van der Waals surface area contributed by atoms with E-state index in [4.69, 9.17) is 18.9 Å². The number of allylic oxidation sites excluding steroid dienone is 4. The molecule has 45 heavy (non-hydrogen) atoms. The zero-order chi connectivity index (χ0) is 31.8. The first-order valence-electron chi connectivity index (χ1n) is 14.0. The van der Waals surface area contributed by atoms with Gasteiger partial charge in [-0.05, 0) is 18.6 Å². The fourth-order valence-electron chi connectivity index (χ4n) is 5.50. The Morgan fingerprint density at radius 2 is 0.978 bits per heavy atom. The second kappa shape index (κ2) is 11.9. The third kappa shape index (κ3) is 5.09. The van der Waals surface area contributed by atoms with Gasteiger partial charge in [0.25, 0.3) is 11.8 Å². The number of ketones is 4. The third-order valence-corrected chi connectivity index (χ3v) is 7.68. The van der Waals surface area contributed by atoms with Crippen LogP contribution >= 0.6 is 0 Å². The van der Waals surface area contributed by atoms with Gasteiger partial charge < -0.3 is 29.6 Å². The van der Waals surface area contributed by atoms with Crippen molar-refractivity contribution < 1.29 is 47.7 Å². The maximum absolute atomic E-state index is 13.1. The van der Waals surface area contributed by atoms with Gasteiger partial charge >= 0.3 is 0 Å². The topological polar surface area (TPSA) is 163 Å². The number of Topliss-reactive ketones (excluding diaryl/α,β-unsaturated/α-hetero) is 4. The Bertz CT molecular complexity index is 1700. The summed E-state index contributed by atoms with van der Waals surface area (Å²) < 4.78 is 21.8. The number of ether oxygens (including phenoxy) is 4. The van der Waals surface area contributed by atoms with E-state index in [0.717, 1.165) is 0 Å².